The summed E-state index contributed by atoms with van der Waals surface area (Å²) in [5, 5.41) is 3.06. The third kappa shape index (κ3) is 3.83. The molecule has 1 aliphatic rings. The molecule has 1 aromatic rings. The molecule has 0 bridgehead atoms. The number of anilines is 1. The van der Waals surface area contributed by atoms with Crippen molar-refractivity contribution in [1.82, 2.24) is 4.90 Å². The lowest BCUT2D eigenvalue weighted by atomic mass is 10.1. The first kappa shape index (κ1) is 15.0. The Balaban J connectivity index is 2.02. The van der Waals surface area contributed by atoms with Crippen LogP contribution >= 0.6 is 0 Å². The Morgan fingerprint density at radius 1 is 1.35 bits per heavy atom. The van der Waals surface area contributed by atoms with Crippen molar-refractivity contribution < 1.29 is 4.79 Å². The summed E-state index contributed by atoms with van der Waals surface area (Å²) in [6.07, 6.45) is 2.72. The quantitative estimate of drug-likeness (QED) is 0.856. The molecule has 3 nitrogen and oxygen atoms in total. The lowest BCUT2D eigenvalue weighted by molar-refractivity contribution is -0.116. The van der Waals surface area contributed by atoms with E-state index in [4.69, 9.17) is 0 Å². The van der Waals surface area contributed by atoms with Crippen molar-refractivity contribution in [2.24, 2.45) is 5.92 Å². The summed E-state index contributed by atoms with van der Waals surface area (Å²) in [7, 11) is 0. The highest BCUT2D eigenvalue weighted by Gasteiger charge is 2.21. The van der Waals surface area contributed by atoms with Crippen molar-refractivity contribution in [2.45, 2.75) is 53.1 Å². The van der Waals surface area contributed by atoms with Crippen LogP contribution in [0.25, 0.3) is 0 Å². The third-order valence-electron chi connectivity index (χ3n) is 3.82. The molecule has 0 fully saturated rings. The maximum absolute atomic E-state index is 11.8. The van der Waals surface area contributed by atoms with Crippen LogP contribution in [0.3, 0.4) is 0 Å². The second kappa shape index (κ2) is 6.89. The van der Waals surface area contributed by atoms with Gasteiger partial charge in [-0.2, -0.15) is 0 Å². The molecule has 0 aromatic heterocycles. The fourth-order valence-electron chi connectivity index (χ4n) is 2.65. The van der Waals surface area contributed by atoms with Crippen LogP contribution in [0.5, 0.6) is 0 Å². The van der Waals surface area contributed by atoms with E-state index in [0.29, 0.717) is 6.42 Å². The molecular formula is C17H26N2O. The SMILES string of the molecule is CCCC(=O)Nc1cccc2c1CN(CCC(C)C)C2. The minimum absolute atomic E-state index is 0.126. The van der Waals surface area contributed by atoms with Gasteiger partial charge in [-0.15, -0.1) is 0 Å². The van der Waals surface area contributed by atoms with E-state index in [1.807, 2.05) is 19.1 Å². The summed E-state index contributed by atoms with van der Waals surface area (Å²) in [5.74, 6) is 0.865. The van der Waals surface area contributed by atoms with Gasteiger partial charge in [0.15, 0.2) is 0 Å². The number of amides is 1. The molecule has 0 radical (unpaired) electrons. The second-order valence-electron chi connectivity index (χ2n) is 6.13. The van der Waals surface area contributed by atoms with Gasteiger partial charge in [-0.05, 0) is 42.5 Å². The molecule has 0 aliphatic carbocycles. The average molecular weight is 274 g/mol. The molecule has 0 spiro atoms. The van der Waals surface area contributed by atoms with Gasteiger partial charge in [0.1, 0.15) is 0 Å². The van der Waals surface area contributed by atoms with Crippen LogP contribution in [0.15, 0.2) is 18.2 Å². The number of fused-ring (bicyclic) bond motifs is 1. The van der Waals surface area contributed by atoms with Gasteiger partial charge in [-0.1, -0.05) is 32.9 Å². The number of nitrogens with zero attached hydrogens (tertiary/aromatic N) is 1. The first-order valence-corrected chi connectivity index (χ1v) is 7.73. The highest BCUT2D eigenvalue weighted by molar-refractivity contribution is 5.91. The van der Waals surface area contributed by atoms with E-state index < -0.39 is 0 Å². The average Bonchev–Trinajstić information content (AvgIpc) is 2.81. The Kier molecular flexibility index (Phi) is 5.18. The molecule has 0 saturated carbocycles. The predicted molar refractivity (Wildman–Crippen MR) is 83.5 cm³/mol. The summed E-state index contributed by atoms with van der Waals surface area (Å²) in [6.45, 7) is 9.67. The zero-order valence-corrected chi connectivity index (χ0v) is 12.9. The lowest BCUT2D eigenvalue weighted by Crippen LogP contribution is -2.19. The van der Waals surface area contributed by atoms with Gasteiger partial charge in [0.25, 0.3) is 0 Å². The molecule has 0 atom stereocenters. The van der Waals surface area contributed by atoms with Crippen molar-refractivity contribution in [2.75, 3.05) is 11.9 Å². The van der Waals surface area contributed by atoms with Gasteiger partial charge in [0.05, 0.1) is 0 Å². The van der Waals surface area contributed by atoms with Gasteiger partial charge in [-0.3, -0.25) is 9.69 Å². The number of hydrogen-bond donors (Lipinski definition) is 1. The Labute approximate surface area is 122 Å². The van der Waals surface area contributed by atoms with Gasteiger partial charge in [0, 0.05) is 25.2 Å². The molecule has 1 heterocycles. The van der Waals surface area contributed by atoms with E-state index in [9.17, 15) is 4.79 Å². The smallest absolute Gasteiger partial charge is 0.224 e. The minimum Gasteiger partial charge on any atom is -0.326 e. The van der Waals surface area contributed by atoms with Crippen LogP contribution in [0.2, 0.25) is 0 Å². The van der Waals surface area contributed by atoms with Crippen LogP contribution in [-0.4, -0.2) is 17.4 Å². The topological polar surface area (TPSA) is 32.3 Å². The van der Waals surface area contributed by atoms with E-state index in [-0.39, 0.29) is 5.91 Å². The van der Waals surface area contributed by atoms with Crippen molar-refractivity contribution in [3.63, 3.8) is 0 Å². The van der Waals surface area contributed by atoms with Crippen LogP contribution < -0.4 is 5.32 Å². The molecular weight excluding hydrogens is 248 g/mol. The molecule has 0 saturated heterocycles. The fraction of sp³-hybridized carbons (Fsp3) is 0.588. The summed E-state index contributed by atoms with van der Waals surface area (Å²) in [6, 6.07) is 6.25. The summed E-state index contributed by atoms with van der Waals surface area (Å²) in [5.41, 5.74) is 3.68. The molecule has 20 heavy (non-hydrogen) atoms. The predicted octanol–water partition coefficient (Wildman–Crippen LogP) is 3.79. The fourth-order valence-corrected chi connectivity index (χ4v) is 2.65. The molecule has 1 aromatic carbocycles. The second-order valence-corrected chi connectivity index (χ2v) is 6.13. The molecule has 1 aliphatic heterocycles. The lowest BCUT2D eigenvalue weighted by Gasteiger charge is -2.16. The number of rotatable bonds is 6. The molecule has 1 N–H and O–H groups in total. The van der Waals surface area contributed by atoms with Crippen molar-refractivity contribution >= 4 is 11.6 Å². The Hall–Kier alpha value is -1.35. The molecule has 110 valence electrons. The highest BCUT2D eigenvalue weighted by Crippen LogP contribution is 2.29. The number of nitrogens with one attached hydrogen (secondary N) is 1. The molecule has 1 amide bonds. The molecule has 2 rings (SSSR count). The summed E-state index contributed by atoms with van der Waals surface area (Å²) < 4.78 is 0. The van der Waals surface area contributed by atoms with E-state index in [1.165, 1.54) is 17.5 Å². The van der Waals surface area contributed by atoms with E-state index in [1.54, 1.807) is 0 Å². The van der Waals surface area contributed by atoms with Crippen LogP contribution in [0, 0.1) is 5.92 Å². The van der Waals surface area contributed by atoms with Crippen molar-refractivity contribution in [1.29, 1.82) is 0 Å². The number of benzene rings is 1. The van der Waals surface area contributed by atoms with Crippen molar-refractivity contribution in [3.05, 3.63) is 29.3 Å². The number of hydrogen-bond acceptors (Lipinski definition) is 2. The van der Waals surface area contributed by atoms with E-state index in [2.05, 4.69) is 30.1 Å². The van der Waals surface area contributed by atoms with Gasteiger partial charge < -0.3 is 5.32 Å². The minimum atomic E-state index is 0.126. The van der Waals surface area contributed by atoms with Crippen LogP contribution in [0.1, 0.15) is 51.2 Å². The Morgan fingerprint density at radius 2 is 2.15 bits per heavy atom. The monoisotopic (exact) mass is 274 g/mol. The maximum atomic E-state index is 11.8. The summed E-state index contributed by atoms with van der Waals surface area (Å²) >= 11 is 0. The standard InChI is InChI=1S/C17H26N2O/c1-4-6-17(20)18-16-8-5-7-14-11-19(12-15(14)16)10-9-13(2)3/h5,7-8,13H,4,6,9-12H2,1-3H3,(H,18,20). The number of carbonyl (C=O) groups is 1. The largest absolute Gasteiger partial charge is 0.326 e. The zero-order chi connectivity index (χ0) is 14.5. The highest BCUT2D eigenvalue weighted by atomic mass is 16.1. The zero-order valence-electron chi connectivity index (χ0n) is 12.9. The Bertz CT molecular complexity index is 468. The molecule has 3 heteroatoms. The first-order valence-electron chi connectivity index (χ1n) is 7.73. The normalized spacial score (nSPS) is 14.6. The van der Waals surface area contributed by atoms with Gasteiger partial charge in [-0.25, -0.2) is 0 Å². The van der Waals surface area contributed by atoms with Gasteiger partial charge >= 0.3 is 0 Å². The number of carbonyl (C=O) groups excluding carboxylic acids is 1. The maximum Gasteiger partial charge on any atom is 0.224 e. The molecule has 0 unspecified atom stereocenters. The summed E-state index contributed by atoms with van der Waals surface area (Å²) in [4.78, 5) is 14.3. The first-order chi connectivity index (χ1) is 9.60. The van der Waals surface area contributed by atoms with Crippen molar-refractivity contribution in [3.8, 4) is 0 Å². The van der Waals surface area contributed by atoms with Crippen LogP contribution in [-0.2, 0) is 17.9 Å². The Morgan fingerprint density at radius 3 is 2.85 bits per heavy atom. The third-order valence-corrected chi connectivity index (χ3v) is 3.82. The van der Waals surface area contributed by atoms with E-state index in [0.717, 1.165) is 37.7 Å². The van der Waals surface area contributed by atoms with Crippen LogP contribution in [0.4, 0.5) is 5.69 Å². The van der Waals surface area contributed by atoms with E-state index >= 15 is 0 Å². The van der Waals surface area contributed by atoms with Gasteiger partial charge in [0.2, 0.25) is 5.91 Å².